The van der Waals surface area contributed by atoms with Gasteiger partial charge in [0.25, 0.3) is 0 Å². The molecule has 208 valence electrons. The summed E-state index contributed by atoms with van der Waals surface area (Å²) in [7, 11) is -6.50. The number of fused-ring (bicyclic) bond motifs is 1. The molecular formula is C30H52O4Si3. The number of hydrogen-bond donors (Lipinski definition) is 1. The summed E-state index contributed by atoms with van der Waals surface area (Å²) in [4.78, 5) is 0. The smallest absolute Gasteiger partial charge is 0.193 e. The Hall–Kier alpha value is -0.909. The van der Waals surface area contributed by atoms with Gasteiger partial charge in [-0.2, -0.15) is 0 Å². The van der Waals surface area contributed by atoms with Crippen molar-refractivity contribution in [2.75, 3.05) is 0 Å². The molecule has 0 bridgehead atoms. The first-order chi connectivity index (χ1) is 16.5. The first kappa shape index (κ1) is 32.3. The lowest BCUT2D eigenvalue weighted by Crippen LogP contribution is -2.60. The van der Waals surface area contributed by atoms with E-state index < -0.39 is 36.7 Å². The zero-order chi connectivity index (χ0) is 28.7. The first-order valence-corrected chi connectivity index (χ1v) is 22.9. The maximum Gasteiger partial charge on any atom is 0.193 e. The molecule has 1 N–H and O–H groups in total. The van der Waals surface area contributed by atoms with E-state index in [0.29, 0.717) is 12.8 Å². The highest BCUT2D eigenvalue weighted by Gasteiger charge is 2.58. The van der Waals surface area contributed by atoms with Crippen molar-refractivity contribution in [2.45, 2.75) is 141 Å². The van der Waals surface area contributed by atoms with Gasteiger partial charge in [-0.05, 0) is 74.5 Å². The Bertz CT molecular complexity index is 1030. The third-order valence-corrected chi connectivity index (χ3v) is 18.1. The van der Waals surface area contributed by atoms with Crippen molar-refractivity contribution in [1.29, 1.82) is 0 Å². The Morgan fingerprint density at radius 2 is 1.43 bits per heavy atom. The van der Waals surface area contributed by atoms with E-state index in [2.05, 4.69) is 117 Å². The van der Waals surface area contributed by atoms with E-state index in [0.717, 1.165) is 11.1 Å². The molecule has 2 unspecified atom stereocenters. The Morgan fingerprint density at radius 3 is 1.95 bits per heavy atom. The van der Waals surface area contributed by atoms with Crippen LogP contribution in [-0.2, 0) is 13.3 Å². The van der Waals surface area contributed by atoms with Crippen LogP contribution in [0.5, 0.6) is 0 Å². The van der Waals surface area contributed by atoms with Crippen LogP contribution < -0.4 is 0 Å². The van der Waals surface area contributed by atoms with E-state index in [1.807, 2.05) is 13.0 Å². The van der Waals surface area contributed by atoms with E-state index in [4.69, 9.17) is 13.3 Å². The number of allylic oxidation sites excluding steroid dienone is 1. The number of hydrogen-bond acceptors (Lipinski definition) is 4. The van der Waals surface area contributed by atoms with Gasteiger partial charge in [0.05, 0.1) is 6.10 Å². The molecular weight excluding hydrogens is 509 g/mol. The molecule has 0 spiro atoms. The molecule has 37 heavy (non-hydrogen) atoms. The average molecular weight is 561 g/mol. The SMILES string of the molecule is C/C1=C/CC(O)C#CCC2(O[Si](C)(C)C)C(=C[C@@H](O[Si](C)(C)C(C)(C)C)[C@@H]2O[Si](C)(C)C(C)(C)C)C#C1. The molecule has 0 aliphatic heterocycles. The van der Waals surface area contributed by atoms with E-state index in [1.165, 1.54) is 0 Å². The monoisotopic (exact) mass is 560 g/mol. The van der Waals surface area contributed by atoms with E-state index in [9.17, 15) is 5.11 Å². The van der Waals surface area contributed by atoms with Crippen LogP contribution in [0.15, 0.2) is 23.3 Å². The van der Waals surface area contributed by atoms with Crippen molar-refractivity contribution >= 4 is 25.0 Å². The third kappa shape index (κ3) is 7.82. The van der Waals surface area contributed by atoms with Crippen LogP contribution in [0.25, 0.3) is 0 Å². The summed E-state index contributed by atoms with van der Waals surface area (Å²) < 4.78 is 21.5. The average Bonchev–Trinajstić information content (AvgIpc) is 2.91. The number of aliphatic hydroxyl groups is 1. The molecule has 2 rings (SSSR count). The van der Waals surface area contributed by atoms with Gasteiger partial charge in [0.1, 0.15) is 17.8 Å². The number of rotatable bonds is 6. The van der Waals surface area contributed by atoms with Crippen molar-refractivity contribution in [1.82, 2.24) is 0 Å². The van der Waals surface area contributed by atoms with Crippen molar-refractivity contribution in [2.24, 2.45) is 0 Å². The lowest BCUT2D eigenvalue weighted by molar-refractivity contribution is -0.0499. The van der Waals surface area contributed by atoms with Crippen LogP contribution >= 0.6 is 0 Å². The maximum absolute atomic E-state index is 10.5. The van der Waals surface area contributed by atoms with Gasteiger partial charge in [-0.3, -0.25) is 0 Å². The van der Waals surface area contributed by atoms with E-state index in [1.54, 1.807) is 0 Å². The molecule has 0 heterocycles. The second-order valence-corrected chi connectivity index (χ2v) is 28.7. The summed E-state index contributed by atoms with van der Waals surface area (Å²) in [6, 6.07) is 0. The van der Waals surface area contributed by atoms with Crippen LogP contribution in [-0.4, -0.2) is 54.0 Å². The summed E-state index contributed by atoms with van der Waals surface area (Å²) >= 11 is 0. The predicted octanol–water partition coefficient (Wildman–Crippen LogP) is 7.41. The van der Waals surface area contributed by atoms with Crippen molar-refractivity contribution in [3.8, 4) is 23.7 Å². The molecule has 0 aromatic heterocycles. The van der Waals surface area contributed by atoms with Crippen LogP contribution in [0.4, 0.5) is 0 Å². The van der Waals surface area contributed by atoms with Crippen molar-refractivity contribution in [3.63, 3.8) is 0 Å². The van der Waals surface area contributed by atoms with Crippen LogP contribution in [0.2, 0.25) is 55.9 Å². The quantitative estimate of drug-likeness (QED) is 0.271. The van der Waals surface area contributed by atoms with Gasteiger partial charge < -0.3 is 18.4 Å². The summed E-state index contributed by atoms with van der Waals surface area (Å²) in [5, 5.41) is 10.6. The second kappa shape index (κ2) is 10.9. The second-order valence-electron chi connectivity index (χ2n) is 14.7. The van der Waals surface area contributed by atoms with E-state index in [-0.39, 0.29) is 22.3 Å². The van der Waals surface area contributed by atoms with Crippen molar-refractivity contribution < 1.29 is 18.4 Å². The number of aliphatic hydroxyl groups excluding tert-OH is 1. The normalized spacial score (nSPS) is 29.0. The Balaban J connectivity index is 2.84. The molecule has 0 aromatic rings. The minimum Gasteiger partial charge on any atom is -0.408 e. The highest BCUT2D eigenvalue weighted by atomic mass is 28.4. The lowest BCUT2D eigenvalue weighted by atomic mass is 9.89. The summed E-state index contributed by atoms with van der Waals surface area (Å²) in [5.41, 5.74) is 0.971. The lowest BCUT2D eigenvalue weighted by Gasteiger charge is -2.48. The van der Waals surface area contributed by atoms with Gasteiger partial charge in [-0.1, -0.05) is 71.3 Å². The Kier molecular flexibility index (Phi) is 9.54. The largest absolute Gasteiger partial charge is 0.408 e. The van der Waals surface area contributed by atoms with Gasteiger partial charge >= 0.3 is 0 Å². The molecule has 0 radical (unpaired) electrons. The fourth-order valence-corrected chi connectivity index (χ4v) is 7.91. The Labute approximate surface area is 231 Å². The minimum absolute atomic E-state index is 0.0119. The zero-order valence-electron chi connectivity index (χ0n) is 26.0. The summed E-state index contributed by atoms with van der Waals surface area (Å²) in [6.07, 6.45) is 3.63. The topological polar surface area (TPSA) is 47.9 Å². The standard InChI is InChI=1S/C30H52O4Si3/c1-23-17-19-24-22-26(32-36(11,12)28(2,3)4)27(33-37(13,14)29(5,6)7)30(24,34-35(8,9)10)21-15-16-25(31)20-18-23/h18,22,25-27,31H,20-21H2,1-14H3/b23-18-/t25?,26-,27+,30?/m1/s1. The van der Waals surface area contributed by atoms with Crippen molar-refractivity contribution in [3.05, 3.63) is 23.3 Å². The zero-order valence-corrected chi connectivity index (χ0v) is 29.0. The third-order valence-electron chi connectivity index (χ3n) is 8.16. The molecule has 0 aromatic carbocycles. The summed E-state index contributed by atoms with van der Waals surface area (Å²) in [6.45, 7) is 31.3. The van der Waals surface area contributed by atoms with Gasteiger partial charge in [0.15, 0.2) is 25.0 Å². The van der Waals surface area contributed by atoms with Gasteiger partial charge in [0, 0.05) is 18.4 Å². The molecule has 2 aliphatic carbocycles. The molecule has 0 saturated heterocycles. The Morgan fingerprint density at radius 1 is 0.892 bits per heavy atom. The fraction of sp³-hybridized carbons (Fsp3) is 0.733. The first-order valence-electron chi connectivity index (χ1n) is 13.6. The molecule has 4 nitrogen and oxygen atoms in total. The molecule has 0 saturated carbocycles. The summed E-state index contributed by atoms with van der Waals surface area (Å²) in [5.74, 6) is 13.2. The maximum atomic E-state index is 10.5. The molecule has 0 amide bonds. The fourth-order valence-electron chi connectivity index (χ4n) is 3.98. The van der Waals surface area contributed by atoms with Crippen LogP contribution in [0.1, 0.15) is 61.3 Å². The predicted molar refractivity (Wildman–Crippen MR) is 164 cm³/mol. The highest BCUT2D eigenvalue weighted by molar-refractivity contribution is 6.74. The highest BCUT2D eigenvalue weighted by Crippen LogP contribution is 2.49. The molecule has 4 atom stereocenters. The van der Waals surface area contributed by atoms with Gasteiger partial charge in [0.2, 0.25) is 0 Å². The van der Waals surface area contributed by atoms with Gasteiger partial charge in [-0.15, -0.1) is 0 Å². The molecule has 7 heteroatoms. The van der Waals surface area contributed by atoms with Gasteiger partial charge in [-0.25, -0.2) is 0 Å². The van der Waals surface area contributed by atoms with Crippen LogP contribution in [0.3, 0.4) is 0 Å². The minimum atomic E-state index is -2.24. The molecule has 2 aliphatic rings. The van der Waals surface area contributed by atoms with Crippen LogP contribution in [0, 0.1) is 23.7 Å². The van der Waals surface area contributed by atoms with E-state index >= 15 is 0 Å². The molecule has 0 fully saturated rings.